The standard InChI is InChI=1S/C22H25FN4O/c1-15-5-11-20(12-6-15)27-17(3)22(16(2)25-27)24-21(28)14-26(4)13-18-7-9-19(23)10-8-18/h5-12H,13-14H2,1-4H3,(H,24,28). The van der Waals surface area contributed by atoms with Crippen LogP contribution in [0.3, 0.4) is 0 Å². The number of carbonyl (C=O) groups is 1. The molecule has 1 N–H and O–H groups in total. The minimum Gasteiger partial charge on any atom is -0.322 e. The zero-order chi connectivity index (χ0) is 20.3. The zero-order valence-electron chi connectivity index (χ0n) is 16.7. The molecule has 0 aliphatic heterocycles. The Labute approximate surface area is 164 Å². The molecular weight excluding hydrogens is 355 g/mol. The lowest BCUT2D eigenvalue weighted by Crippen LogP contribution is -2.30. The zero-order valence-corrected chi connectivity index (χ0v) is 16.7. The van der Waals surface area contributed by atoms with Crippen molar-refractivity contribution in [1.29, 1.82) is 0 Å². The highest BCUT2D eigenvalue weighted by atomic mass is 19.1. The van der Waals surface area contributed by atoms with Crippen LogP contribution in [0, 0.1) is 26.6 Å². The van der Waals surface area contributed by atoms with Gasteiger partial charge in [0.2, 0.25) is 5.91 Å². The quantitative estimate of drug-likeness (QED) is 0.703. The average Bonchev–Trinajstić information content (AvgIpc) is 2.92. The van der Waals surface area contributed by atoms with Gasteiger partial charge in [0.05, 0.1) is 29.3 Å². The molecule has 3 rings (SSSR count). The summed E-state index contributed by atoms with van der Waals surface area (Å²) >= 11 is 0. The molecule has 1 amide bonds. The second-order valence-corrected chi connectivity index (χ2v) is 7.14. The highest BCUT2D eigenvalue weighted by Crippen LogP contribution is 2.23. The van der Waals surface area contributed by atoms with Crippen LogP contribution >= 0.6 is 0 Å². The second kappa shape index (κ2) is 8.35. The predicted octanol–water partition coefficient (Wildman–Crippen LogP) is 4.01. The van der Waals surface area contributed by atoms with Crippen molar-refractivity contribution in [1.82, 2.24) is 14.7 Å². The van der Waals surface area contributed by atoms with E-state index in [1.165, 1.54) is 17.7 Å². The molecule has 0 spiro atoms. The molecule has 5 nitrogen and oxygen atoms in total. The molecule has 0 bridgehead atoms. The van der Waals surface area contributed by atoms with E-state index < -0.39 is 0 Å². The first-order chi connectivity index (χ1) is 13.3. The Hall–Kier alpha value is -2.99. The number of hydrogen-bond donors (Lipinski definition) is 1. The number of aryl methyl sites for hydroxylation is 2. The Morgan fingerprint density at radius 1 is 1.07 bits per heavy atom. The molecule has 0 unspecified atom stereocenters. The molecule has 1 aromatic heterocycles. The first kappa shape index (κ1) is 19.8. The molecule has 6 heteroatoms. The van der Waals surface area contributed by atoms with Crippen LogP contribution in [0.1, 0.15) is 22.5 Å². The van der Waals surface area contributed by atoms with Gasteiger partial charge in [0.25, 0.3) is 0 Å². The normalized spacial score (nSPS) is 11.1. The lowest BCUT2D eigenvalue weighted by molar-refractivity contribution is -0.117. The third-order valence-electron chi connectivity index (χ3n) is 4.61. The Kier molecular flexibility index (Phi) is 5.90. The van der Waals surface area contributed by atoms with Gasteiger partial charge in [-0.05, 0) is 57.6 Å². The summed E-state index contributed by atoms with van der Waals surface area (Å²) in [7, 11) is 1.86. The third kappa shape index (κ3) is 4.64. The van der Waals surface area contributed by atoms with E-state index in [1.54, 1.807) is 12.1 Å². The van der Waals surface area contributed by atoms with Crippen molar-refractivity contribution in [2.75, 3.05) is 18.9 Å². The summed E-state index contributed by atoms with van der Waals surface area (Å²) in [6.07, 6.45) is 0. The summed E-state index contributed by atoms with van der Waals surface area (Å²) in [4.78, 5) is 14.4. The topological polar surface area (TPSA) is 50.2 Å². The number of likely N-dealkylation sites (N-methyl/N-ethyl adjacent to an activating group) is 1. The van der Waals surface area contributed by atoms with Crippen LogP contribution in [0.15, 0.2) is 48.5 Å². The van der Waals surface area contributed by atoms with E-state index in [2.05, 4.69) is 10.4 Å². The van der Waals surface area contributed by atoms with E-state index in [4.69, 9.17) is 0 Å². The Morgan fingerprint density at radius 3 is 2.36 bits per heavy atom. The Balaban J connectivity index is 1.66. The van der Waals surface area contributed by atoms with Gasteiger partial charge < -0.3 is 5.32 Å². The highest BCUT2D eigenvalue weighted by molar-refractivity contribution is 5.93. The van der Waals surface area contributed by atoms with Crippen molar-refractivity contribution < 1.29 is 9.18 Å². The number of carbonyl (C=O) groups excluding carboxylic acids is 1. The molecule has 3 aromatic rings. The van der Waals surface area contributed by atoms with Crippen LogP contribution in [-0.4, -0.2) is 34.2 Å². The molecule has 2 aromatic carbocycles. The van der Waals surface area contributed by atoms with E-state index in [1.807, 2.05) is 61.7 Å². The van der Waals surface area contributed by atoms with Gasteiger partial charge >= 0.3 is 0 Å². The maximum absolute atomic E-state index is 13.0. The minimum absolute atomic E-state index is 0.112. The Morgan fingerprint density at radius 2 is 1.71 bits per heavy atom. The summed E-state index contributed by atoms with van der Waals surface area (Å²) in [5.41, 5.74) is 5.49. The van der Waals surface area contributed by atoms with Gasteiger partial charge in [0, 0.05) is 6.54 Å². The van der Waals surface area contributed by atoms with E-state index in [0.29, 0.717) is 6.54 Å². The van der Waals surface area contributed by atoms with Gasteiger partial charge in [-0.3, -0.25) is 9.69 Å². The predicted molar refractivity (Wildman–Crippen MR) is 109 cm³/mol. The number of nitrogens with zero attached hydrogens (tertiary/aromatic N) is 3. The van der Waals surface area contributed by atoms with E-state index in [9.17, 15) is 9.18 Å². The average molecular weight is 380 g/mol. The van der Waals surface area contributed by atoms with Crippen molar-refractivity contribution in [3.05, 3.63) is 76.9 Å². The first-order valence-electron chi connectivity index (χ1n) is 9.19. The molecular formula is C22H25FN4O. The molecule has 0 atom stereocenters. The van der Waals surface area contributed by atoms with Crippen molar-refractivity contribution in [2.24, 2.45) is 0 Å². The second-order valence-electron chi connectivity index (χ2n) is 7.14. The number of benzene rings is 2. The maximum Gasteiger partial charge on any atom is 0.238 e. The molecule has 0 saturated heterocycles. The molecule has 146 valence electrons. The van der Waals surface area contributed by atoms with E-state index in [-0.39, 0.29) is 18.3 Å². The maximum atomic E-state index is 13.0. The number of rotatable bonds is 6. The van der Waals surface area contributed by atoms with Crippen LogP contribution in [0.5, 0.6) is 0 Å². The van der Waals surface area contributed by atoms with Crippen LogP contribution in [0.4, 0.5) is 10.1 Å². The third-order valence-corrected chi connectivity index (χ3v) is 4.61. The van der Waals surface area contributed by atoms with E-state index in [0.717, 1.165) is 28.3 Å². The number of aromatic nitrogens is 2. The van der Waals surface area contributed by atoms with Gasteiger partial charge in [-0.2, -0.15) is 5.10 Å². The molecule has 28 heavy (non-hydrogen) atoms. The molecule has 0 saturated carbocycles. The Bertz CT molecular complexity index is 961. The number of anilines is 1. The van der Waals surface area contributed by atoms with Gasteiger partial charge in [-0.25, -0.2) is 9.07 Å². The van der Waals surface area contributed by atoms with Crippen molar-refractivity contribution >= 4 is 11.6 Å². The largest absolute Gasteiger partial charge is 0.322 e. The van der Waals surface area contributed by atoms with Crippen LogP contribution < -0.4 is 5.32 Å². The van der Waals surface area contributed by atoms with Gasteiger partial charge in [-0.15, -0.1) is 0 Å². The van der Waals surface area contributed by atoms with Gasteiger partial charge in [0.15, 0.2) is 0 Å². The lowest BCUT2D eigenvalue weighted by atomic mass is 10.2. The number of halogens is 1. The number of amides is 1. The fraction of sp³-hybridized carbons (Fsp3) is 0.273. The van der Waals surface area contributed by atoms with Crippen molar-refractivity contribution in [3.8, 4) is 5.69 Å². The van der Waals surface area contributed by atoms with Crippen molar-refractivity contribution in [2.45, 2.75) is 27.3 Å². The number of hydrogen-bond acceptors (Lipinski definition) is 3. The molecule has 1 heterocycles. The molecule has 0 fully saturated rings. The number of nitrogens with one attached hydrogen (secondary N) is 1. The van der Waals surface area contributed by atoms with Gasteiger partial charge in [0.1, 0.15) is 5.82 Å². The molecule has 0 radical (unpaired) electrons. The monoisotopic (exact) mass is 380 g/mol. The minimum atomic E-state index is -0.263. The highest BCUT2D eigenvalue weighted by Gasteiger charge is 2.16. The SMILES string of the molecule is Cc1ccc(-n2nc(C)c(NC(=O)CN(C)Cc3ccc(F)cc3)c2C)cc1. The summed E-state index contributed by atoms with van der Waals surface area (Å²) in [5, 5.41) is 7.55. The molecule has 0 aliphatic rings. The smallest absolute Gasteiger partial charge is 0.238 e. The lowest BCUT2D eigenvalue weighted by Gasteiger charge is -2.16. The first-order valence-corrected chi connectivity index (χ1v) is 9.19. The fourth-order valence-corrected chi connectivity index (χ4v) is 3.14. The summed E-state index contributed by atoms with van der Waals surface area (Å²) in [6, 6.07) is 14.4. The van der Waals surface area contributed by atoms with Crippen LogP contribution in [0.2, 0.25) is 0 Å². The van der Waals surface area contributed by atoms with Crippen molar-refractivity contribution in [3.63, 3.8) is 0 Å². The summed E-state index contributed by atoms with van der Waals surface area (Å²) in [5.74, 6) is -0.375. The van der Waals surface area contributed by atoms with Gasteiger partial charge in [-0.1, -0.05) is 29.8 Å². The summed E-state index contributed by atoms with van der Waals surface area (Å²) < 4.78 is 14.9. The van der Waals surface area contributed by atoms with E-state index >= 15 is 0 Å². The summed E-state index contributed by atoms with van der Waals surface area (Å²) in [6.45, 7) is 6.66. The van der Waals surface area contributed by atoms with Crippen LogP contribution in [0.25, 0.3) is 5.69 Å². The van der Waals surface area contributed by atoms with Crippen LogP contribution in [-0.2, 0) is 11.3 Å². The fourth-order valence-electron chi connectivity index (χ4n) is 3.14. The molecule has 0 aliphatic carbocycles.